The maximum Gasteiger partial charge on any atom is 0.191 e. The molecule has 8 nitrogen and oxygen atoms in total. The summed E-state index contributed by atoms with van der Waals surface area (Å²) in [4.78, 5) is 11.4. The molecule has 1 saturated heterocycles. The van der Waals surface area contributed by atoms with Crippen LogP contribution in [0.2, 0.25) is 0 Å². The standard InChI is InChI=1S/C24H36N6O2.HI/c1-4-25-24(28-13-8-7-12-27-23-9-5-6-11-26-23)29-19-10-14-30(18-19)20-15-21(31-2)17-22(16-20)32-3;/h5-6,9,11,15-17,19H,4,7-8,10,12-14,18H2,1-3H3,(H,26,27)(H2,25,28,29);1H. The Bertz CT molecular complexity index is 830. The molecular formula is C24H37IN6O2. The number of pyridine rings is 1. The molecule has 1 aliphatic rings. The number of ether oxygens (including phenoxy) is 2. The van der Waals surface area contributed by atoms with E-state index in [0.29, 0.717) is 6.04 Å². The van der Waals surface area contributed by atoms with Gasteiger partial charge in [-0.25, -0.2) is 4.98 Å². The van der Waals surface area contributed by atoms with E-state index in [0.717, 1.165) is 81.0 Å². The first-order valence-corrected chi connectivity index (χ1v) is 11.4. The quantitative estimate of drug-likeness (QED) is 0.165. The van der Waals surface area contributed by atoms with Gasteiger partial charge in [-0.05, 0) is 38.3 Å². The van der Waals surface area contributed by atoms with Gasteiger partial charge in [0, 0.05) is 68.8 Å². The zero-order chi connectivity index (χ0) is 22.6. The van der Waals surface area contributed by atoms with Gasteiger partial charge < -0.3 is 30.3 Å². The van der Waals surface area contributed by atoms with Crippen LogP contribution in [0, 0.1) is 0 Å². The van der Waals surface area contributed by atoms with Crippen LogP contribution < -0.4 is 30.3 Å². The van der Waals surface area contributed by atoms with Crippen molar-refractivity contribution >= 4 is 41.4 Å². The van der Waals surface area contributed by atoms with Crippen LogP contribution in [0.4, 0.5) is 11.5 Å². The minimum Gasteiger partial charge on any atom is -0.497 e. The van der Waals surface area contributed by atoms with Gasteiger partial charge in [0.15, 0.2) is 5.96 Å². The van der Waals surface area contributed by atoms with E-state index in [-0.39, 0.29) is 24.0 Å². The Kier molecular flexibility index (Phi) is 11.9. The second kappa shape index (κ2) is 14.7. The van der Waals surface area contributed by atoms with Crippen molar-refractivity contribution in [1.82, 2.24) is 15.6 Å². The van der Waals surface area contributed by atoms with E-state index in [4.69, 9.17) is 14.5 Å². The van der Waals surface area contributed by atoms with Crippen LogP contribution in [0.1, 0.15) is 26.2 Å². The van der Waals surface area contributed by atoms with Crippen molar-refractivity contribution in [2.75, 3.05) is 57.2 Å². The number of anilines is 2. The van der Waals surface area contributed by atoms with Crippen molar-refractivity contribution in [2.24, 2.45) is 4.99 Å². The number of aliphatic imine (C=N–C) groups is 1. The summed E-state index contributed by atoms with van der Waals surface area (Å²) in [6.07, 6.45) is 4.93. The summed E-state index contributed by atoms with van der Waals surface area (Å²) < 4.78 is 10.8. The molecule has 1 aromatic carbocycles. The lowest BCUT2D eigenvalue weighted by molar-refractivity contribution is 0.394. The highest BCUT2D eigenvalue weighted by molar-refractivity contribution is 14.0. The van der Waals surface area contributed by atoms with E-state index >= 15 is 0 Å². The molecule has 1 atom stereocenters. The molecular weight excluding hydrogens is 531 g/mol. The maximum atomic E-state index is 5.42. The number of methoxy groups -OCH3 is 2. The number of hydrogen-bond donors (Lipinski definition) is 3. The Balaban J connectivity index is 0.00000385. The third-order valence-corrected chi connectivity index (χ3v) is 5.40. The molecule has 0 saturated carbocycles. The zero-order valence-corrected chi connectivity index (χ0v) is 22.2. The predicted octanol–water partition coefficient (Wildman–Crippen LogP) is 3.74. The average molecular weight is 569 g/mol. The molecule has 1 aliphatic heterocycles. The van der Waals surface area contributed by atoms with Gasteiger partial charge in [-0.3, -0.25) is 4.99 Å². The molecule has 1 aromatic heterocycles. The number of unbranched alkanes of at least 4 members (excludes halogenated alkanes) is 1. The van der Waals surface area contributed by atoms with E-state index in [1.807, 2.05) is 24.3 Å². The van der Waals surface area contributed by atoms with Gasteiger partial charge in [0.05, 0.1) is 14.2 Å². The third-order valence-electron chi connectivity index (χ3n) is 5.40. The first kappa shape index (κ1) is 26.8. The molecule has 1 fully saturated rings. The summed E-state index contributed by atoms with van der Waals surface area (Å²) >= 11 is 0. The fourth-order valence-corrected chi connectivity index (χ4v) is 3.71. The van der Waals surface area contributed by atoms with Crippen molar-refractivity contribution in [2.45, 2.75) is 32.2 Å². The lowest BCUT2D eigenvalue weighted by Crippen LogP contribution is -2.44. The van der Waals surface area contributed by atoms with Gasteiger partial charge in [0.1, 0.15) is 17.3 Å². The molecule has 2 heterocycles. The summed E-state index contributed by atoms with van der Waals surface area (Å²) in [5.41, 5.74) is 1.12. The first-order chi connectivity index (χ1) is 15.7. The molecule has 0 spiro atoms. The molecule has 0 aliphatic carbocycles. The van der Waals surface area contributed by atoms with Crippen LogP contribution in [0.3, 0.4) is 0 Å². The zero-order valence-electron chi connectivity index (χ0n) is 19.8. The first-order valence-electron chi connectivity index (χ1n) is 11.4. The van der Waals surface area contributed by atoms with Crippen molar-refractivity contribution in [3.63, 3.8) is 0 Å². The number of rotatable bonds is 11. The Morgan fingerprint density at radius 1 is 1.15 bits per heavy atom. The Hall–Kier alpha value is -2.43. The minimum atomic E-state index is 0. The molecule has 0 bridgehead atoms. The molecule has 2 aromatic rings. The smallest absolute Gasteiger partial charge is 0.191 e. The average Bonchev–Trinajstić information content (AvgIpc) is 3.30. The molecule has 1 unspecified atom stereocenters. The van der Waals surface area contributed by atoms with Gasteiger partial charge >= 0.3 is 0 Å². The molecule has 0 radical (unpaired) electrons. The fourth-order valence-electron chi connectivity index (χ4n) is 3.71. The summed E-state index contributed by atoms with van der Waals surface area (Å²) in [6.45, 7) is 6.52. The van der Waals surface area contributed by atoms with Crippen molar-refractivity contribution in [3.8, 4) is 11.5 Å². The number of hydrogen-bond acceptors (Lipinski definition) is 6. The van der Waals surface area contributed by atoms with Crippen molar-refractivity contribution in [1.29, 1.82) is 0 Å². The number of benzene rings is 1. The van der Waals surface area contributed by atoms with Gasteiger partial charge in [-0.15, -0.1) is 24.0 Å². The lowest BCUT2D eigenvalue weighted by atomic mass is 10.2. The topological polar surface area (TPSA) is 83.0 Å². The van der Waals surface area contributed by atoms with Crippen LogP contribution in [-0.2, 0) is 0 Å². The van der Waals surface area contributed by atoms with Crippen LogP contribution in [0.25, 0.3) is 0 Å². The molecule has 0 amide bonds. The molecule has 3 rings (SSSR count). The molecule has 9 heteroatoms. The number of halogens is 1. The van der Waals surface area contributed by atoms with Gasteiger partial charge in [-0.2, -0.15) is 0 Å². The van der Waals surface area contributed by atoms with E-state index in [1.165, 1.54) is 0 Å². The third kappa shape index (κ3) is 8.79. The van der Waals surface area contributed by atoms with Crippen molar-refractivity contribution < 1.29 is 9.47 Å². The van der Waals surface area contributed by atoms with Gasteiger partial charge in [0.2, 0.25) is 0 Å². The SMILES string of the molecule is CCNC(=NCCCCNc1ccccn1)NC1CCN(c2cc(OC)cc(OC)c2)C1.I. The number of aromatic nitrogens is 1. The van der Waals surface area contributed by atoms with Crippen LogP contribution in [-0.4, -0.2) is 63.9 Å². The Morgan fingerprint density at radius 2 is 1.94 bits per heavy atom. The largest absolute Gasteiger partial charge is 0.497 e. The lowest BCUT2D eigenvalue weighted by Gasteiger charge is -2.21. The number of nitrogens with zero attached hydrogens (tertiary/aromatic N) is 3. The maximum absolute atomic E-state index is 5.42. The highest BCUT2D eigenvalue weighted by Gasteiger charge is 2.24. The monoisotopic (exact) mass is 568 g/mol. The molecule has 33 heavy (non-hydrogen) atoms. The highest BCUT2D eigenvalue weighted by Crippen LogP contribution is 2.30. The summed E-state index contributed by atoms with van der Waals surface area (Å²) in [7, 11) is 3.36. The van der Waals surface area contributed by atoms with Crippen LogP contribution >= 0.6 is 24.0 Å². The molecule has 182 valence electrons. The van der Waals surface area contributed by atoms with Gasteiger partial charge in [0.25, 0.3) is 0 Å². The predicted molar refractivity (Wildman–Crippen MR) is 147 cm³/mol. The van der Waals surface area contributed by atoms with E-state index in [1.54, 1.807) is 20.4 Å². The number of nitrogens with one attached hydrogen (secondary N) is 3. The summed E-state index contributed by atoms with van der Waals surface area (Å²) in [6, 6.07) is 12.3. The Morgan fingerprint density at radius 3 is 2.61 bits per heavy atom. The summed E-state index contributed by atoms with van der Waals surface area (Å²) in [5.74, 6) is 3.43. The Labute approximate surface area is 214 Å². The van der Waals surface area contributed by atoms with Crippen LogP contribution in [0.15, 0.2) is 47.6 Å². The second-order valence-electron chi connectivity index (χ2n) is 7.76. The van der Waals surface area contributed by atoms with E-state index < -0.39 is 0 Å². The second-order valence-corrected chi connectivity index (χ2v) is 7.76. The fraction of sp³-hybridized carbons (Fsp3) is 0.500. The van der Waals surface area contributed by atoms with E-state index in [9.17, 15) is 0 Å². The van der Waals surface area contributed by atoms with E-state index in [2.05, 4.69) is 44.9 Å². The normalized spacial score (nSPS) is 15.5. The summed E-state index contributed by atoms with van der Waals surface area (Å²) in [5, 5.41) is 10.3. The number of guanidine groups is 1. The minimum absolute atomic E-state index is 0. The molecule has 3 N–H and O–H groups in total. The van der Waals surface area contributed by atoms with Crippen LogP contribution in [0.5, 0.6) is 11.5 Å². The van der Waals surface area contributed by atoms with Crippen molar-refractivity contribution in [3.05, 3.63) is 42.6 Å². The highest BCUT2D eigenvalue weighted by atomic mass is 127. The van der Waals surface area contributed by atoms with Gasteiger partial charge in [-0.1, -0.05) is 6.07 Å².